The zero-order chi connectivity index (χ0) is 15.3. The maximum absolute atomic E-state index is 12.7. The molecule has 0 spiro atoms. The summed E-state index contributed by atoms with van der Waals surface area (Å²) in [4.78, 5) is 12.7. The average Bonchev–Trinajstić information content (AvgIpc) is 2.89. The number of carbonyl (C=O) groups is 1. The van der Waals surface area contributed by atoms with Crippen LogP contribution in [0.2, 0.25) is 0 Å². The van der Waals surface area contributed by atoms with E-state index in [0.717, 1.165) is 19.4 Å². The summed E-state index contributed by atoms with van der Waals surface area (Å²) in [5.74, 6) is 0.684. The van der Waals surface area contributed by atoms with Crippen molar-refractivity contribution in [1.82, 2.24) is 20.1 Å². The molecule has 1 saturated heterocycles. The molecule has 1 aliphatic heterocycles. The number of amides is 1. The zero-order valence-electron chi connectivity index (χ0n) is 12.8. The lowest BCUT2D eigenvalue weighted by atomic mass is 9.46. The first-order valence-corrected chi connectivity index (χ1v) is 7.40. The topological polar surface area (TPSA) is 95.1 Å². The number of nitrogens with zero attached hydrogens (tertiary/aromatic N) is 3. The number of nitrogens with one attached hydrogen (secondary N) is 1. The molecule has 7 nitrogen and oxygen atoms in total. The van der Waals surface area contributed by atoms with E-state index in [4.69, 9.17) is 10.5 Å². The van der Waals surface area contributed by atoms with Crippen LogP contribution in [0.3, 0.4) is 0 Å². The SMILES string of the molecule is Cn1cnnc1CNC(=O)C1(N)C2CCCOC2C1(C)C. The first-order chi connectivity index (χ1) is 9.89. The van der Waals surface area contributed by atoms with Gasteiger partial charge in [-0.15, -0.1) is 10.2 Å². The second-order valence-corrected chi connectivity index (χ2v) is 6.67. The highest BCUT2D eigenvalue weighted by Crippen LogP contribution is 2.57. The Morgan fingerprint density at radius 2 is 2.38 bits per heavy atom. The number of hydrogen-bond acceptors (Lipinski definition) is 5. The molecule has 0 bridgehead atoms. The average molecular weight is 293 g/mol. The monoisotopic (exact) mass is 293 g/mol. The van der Waals surface area contributed by atoms with Crippen LogP contribution in [-0.2, 0) is 23.1 Å². The predicted molar refractivity (Wildman–Crippen MR) is 76.0 cm³/mol. The highest BCUT2D eigenvalue weighted by Gasteiger charge is 2.70. The maximum Gasteiger partial charge on any atom is 0.241 e. The molecule has 1 saturated carbocycles. The molecule has 2 aliphatic rings. The number of aryl methyl sites for hydroxylation is 1. The molecule has 0 radical (unpaired) electrons. The van der Waals surface area contributed by atoms with E-state index in [9.17, 15) is 4.79 Å². The van der Waals surface area contributed by atoms with Crippen LogP contribution in [0.4, 0.5) is 0 Å². The van der Waals surface area contributed by atoms with Gasteiger partial charge in [-0.2, -0.15) is 0 Å². The fraction of sp³-hybridized carbons (Fsp3) is 0.786. The second kappa shape index (κ2) is 4.78. The van der Waals surface area contributed by atoms with Gasteiger partial charge in [0, 0.05) is 25.0 Å². The van der Waals surface area contributed by atoms with Crippen molar-refractivity contribution in [1.29, 1.82) is 0 Å². The molecule has 3 unspecified atom stereocenters. The molecule has 3 atom stereocenters. The van der Waals surface area contributed by atoms with Crippen molar-refractivity contribution in [2.75, 3.05) is 6.61 Å². The van der Waals surface area contributed by atoms with Gasteiger partial charge < -0.3 is 20.4 Å². The number of fused-ring (bicyclic) bond motifs is 1. The van der Waals surface area contributed by atoms with Crippen molar-refractivity contribution >= 4 is 5.91 Å². The van der Waals surface area contributed by atoms with Gasteiger partial charge in [0.05, 0.1) is 12.6 Å². The van der Waals surface area contributed by atoms with Crippen molar-refractivity contribution in [3.8, 4) is 0 Å². The predicted octanol–water partition coefficient (Wildman–Crippen LogP) is -0.0362. The number of carbonyl (C=O) groups excluding carboxylic acids is 1. The van der Waals surface area contributed by atoms with Crippen molar-refractivity contribution in [3.05, 3.63) is 12.2 Å². The number of aromatic nitrogens is 3. The summed E-state index contributed by atoms with van der Waals surface area (Å²) in [6, 6.07) is 0. The lowest BCUT2D eigenvalue weighted by molar-refractivity contribution is -0.225. The highest BCUT2D eigenvalue weighted by atomic mass is 16.5. The van der Waals surface area contributed by atoms with Crippen molar-refractivity contribution in [3.63, 3.8) is 0 Å². The molecule has 2 heterocycles. The third kappa shape index (κ3) is 1.91. The fourth-order valence-corrected chi connectivity index (χ4v) is 3.81. The molecule has 1 aromatic rings. The molecule has 3 rings (SSSR count). The van der Waals surface area contributed by atoms with Gasteiger partial charge in [-0.3, -0.25) is 4.79 Å². The van der Waals surface area contributed by atoms with Crippen molar-refractivity contribution < 1.29 is 9.53 Å². The van der Waals surface area contributed by atoms with Crippen LogP contribution in [0.1, 0.15) is 32.5 Å². The Morgan fingerprint density at radius 3 is 3.05 bits per heavy atom. The van der Waals surface area contributed by atoms with Crippen molar-refractivity contribution in [2.45, 2.75) is 44.9 Å². The first kappa shape index (κ1) is 14.5. The van der Waals surface area contributed by atoms with Gasteiger partial charge >= 0.3 is 0 Å². The molecule has 1 aromatic heterocycles. The Kier molecular flexibility index (Phi) is 3.29. The van der Waals surface area contributed by atoms with Gasteiger partial charge in [0.2, 0.25) is 5.91 Å². The summed E-state index contributed by atoms with van der Waals surface area (Å²) in [6.45, 7) is 5.13. The summed E-state index contributed by atoms with van der Waals surface area (Å²) >= 11 is 0. The zero-order valence-corrected chi connectivity index (χ0v) is 12.8. The van der Waals surface area contributed by atoms with Crippen LogP contribution < -0.4 is 11.1 Å². The Hall–Kier alpha value is -1.47. The second-order valence-electron chi connectivity index (χ2n) is 6.67. The molecule has 21 heavy (non-hydrogen) atoms. The van der Waals surface area contributed by atoms with Crippen LogP contribution in [0.25, 0.3) is 0 Å². The van der Waals surface area contributed by atoms with E-state index in [-0.39, 0.29) is 23.3 Å². The lowest BCUT2D eigenvalue weighted by Crippen LogP contribution is -2.82. The Balaban J connectivity index is 1.72. The Morgan fingerprint density at radius 1 is 1.62 bits per heavy atom. The molecule has 1 aliphatic carbocycles. The van der Waals surface area contributed by atoms with Crippen LogP contribution in [-0.4, -0.2) is 38.9 Å². The highest BCUT2D eigenvalue weighted by molar-refractivity contribution is 5.89. The van der Waals surface area contributed by atoms with Crippen LogP contribution in [0.5, 0.6) is 0 Å². The van der Waals surface area contributed by atoms with E-state index < -0.39 is 5.54 Å². The van der Waals surface area contributed by atoms with E-state index in [2.05, 4.69) is 15.5 Å². The van der Waals surface area contributed by atoms with E-state index in [1.54, 1.807) is 10.9 Å². The van der Waals surface area contributed by atoms with Crippen LogP contribution >= 0.6 is 0 Å². The number of ether oxygens (including phenoxy) is 1. The molecule has 3 N–H and O–H groups in total. The molecular weight excluding hydrogens is 270 g/mol. The van der Waals surface area contributed by atoms with E-state index in [1.807, 2.05) is 20.9 Å². The molecule has 0 aromatic carbocycles. The Labute approximate surface area is 124 Å². The van der Waals surface area contributed by atoms with Gasteiger partial charge in [0.25, 0.3) is 0 Å². The van der Waals surface area contributed by atoms with Gasteiger partial charge in [-0.05, 0) is 12.8 Å². The number of nitrogens with two attached hydrogens (primary N) is 1. The maximum atomic E-state index is 12.7. The lowest BCUT2D eigenvalue weighted by Gasteiger charge is -2.65. The van der Waals surface area contributed by atoms with Gasteiger partial charge in [-0.1, -0.05) is 13.8 Å². The minimum absolute atomic E-state index is 0.0804. The summed E-state index contributed by atoms with van der Waals surface area (Å²) in [7, 11) is 1.85. The first-order valence-electron chi connectivity index (χ1n) is 7.40. The number of rotatable bonds is 3. The van der Waals surface area contributed by atoms with E-state index in [1.165, 1.54) is 0 Å². The van der Waals surface area contributed by atoms with E-state index in [0.29, 0.717) is 12.4 Å². The van der Waals surface area contributed by atoms with Gasteiger partial charge in [0.15, 0.2) is 5.82 Å². The third-order valence-corrected chi connectivity index (χ3v) is 5.27. The summed E-state index contributed by atoms with van der Waals surface area (Å²) in [5.41, 5.74) is 5.28. The van der Waals surface area contributed by atoms with Crippen LogP contribution in [0.15, 0.2) is 6.33 Å². The summed E-state index contributed by atoms with van der Waals surface area (Å²) < 4.78 is 7.60. The molecule has 1 amide bonds. The molecule has 116 valence electrons. The molecular formula is C14H23N5O2. The normalized spacial score (nSPS) is 33.9. The molecule has 7 heteroatoms. The Bertz CT molecular complexity index is 555. The van der Waals surface area contributed by atoms with Crippen molar-refractivity contribution in [2.24, 2.45) is 24.1 Å². The third-order valence-electron chi connectivity index (χ3n) is 5.27. The van der Waals surface area contributed by atoms with Gasteiger partial charge in [0.1, 0.15) is 11.9 Å². The minimum Gasteiger partial charge on any atom is -0.377 e. The van der Waals surface area contributed by atoms with Gasteiger partial charge in [-0.25, -0.2) is 0 Å². The summed E-state index contributed by atoms with van der Waals surface area (Å²) in [6.07, 6.45) is 3.60. The quantitative estimate of drug-likeness (QED) is 0.815. The summed E-state index contributed by atoms with van der Waals surface area (Å²) in [5, 5.41) is 10.7. The largest absolute Gasteiger partial charge is 0.377 e. The van der Waals surface area contributed by atoms with Crippen LogP contribution in [0, 0.1) is 11.3 Å². The fourth-order valence-electron chi connectivity index (χ4n) is 3.81. The number of hydrogen-bond donors (Lipinski definition) is 2. The van der Waals surface area contributed by atoms with E-state index >= 15 is 0 Å². The standard InChI is InChI=1S/C14H23N5O2/c1-13(2)11-9(5-4-6-21-11)14(13,15)12(20)16-7-10-18-17-8-19(10)3/h8-9,11H,4-7,15H2,1-3H3,(H,16,20). The molecule has 2 fully saturated rings. The minimum atomic E-state index is -0.878. The smallest absolute Gasteiger partial charge is 0.241 e.